The topological polar surface area (TPSA) is 17.8 Å². The first-order valence-electron chi connectivity index (χ1n) is 5.82. The van der Waals surface area contributed by atoms with Gasteiger partial charge in [0.15, 0.2) is 0 Å². The van der Waals surface area contributed by atoms with Crippen molar-refractivity contribution in [1.82, 2.24) is 9.55 Å². The number of aryl methyl sites for hydroxylation is 1. The van der Waals surface area contributed by atoms with Gasteiger partial charge in [-0.1, -0.05) is 6.07 Å². The smallest absolute Gasteiger partial charge is 0.132 e. The van der Waals surface area contributed by atoms with Crippen molar-refractivity contribution in [3.8, 4) is 5.69 Å². The number of hydrogen-bond acceptors (Lipinski definition) is 2. The predicted octanol–water partition coefficient (Wildman–Crippen LogP) is 4.70. The Morgan fingerprint density at radius 3 is 2.83 bits per heavy atom. The highest BCUT2D eigenvalue weighted by molar-refractivity contribution is 7.08. The van der Waals surface area contributed by atoms with Crippen LogP contribution >= 0.6 is 22.9 Å². The van der Waals surface area contributed by atoms with E-state index in [2.05, 4.69) is 51.5 Å². The molecule has 18 heavy (non-hydrogen) atoms. The van der Waals surface area contributed by atoms with Crippen LogP contribution in [0.15, 0.2) is 35.0 Å². The molecule has 0 fully saturated rings. The molecule has 1 unspecified atom stereocenters. The summed E-state index contributed by atoms with van der Waals surface area (Å²) >= 11 is 7.93. The van der Waals surface area contributed by atoms with E-state index in [1.807, 2.05) is 6.92 Å². The SMILES string of the molecule is Cc1ccc2c(c1)nc(C(C)Cl)n2-c1ccsc1. The Morgan fingerprint density at radius 2 is 2.17 bits per heavy atom. The van der Waals surface area contributed by atoms with Crippen LogP contribution in [0.4, 0.5) is 0 Å². The molecule has 0 amide bonds. The molecule has 0 aliphatic carbocycles. The molecule has 2 aromatic heterocycles. The van der Waals surface area contributed by atoms with E-state index in [1.165, 1.54) is 5.56 Å². The van der Waals surface area contributed by atoms with Crippen LogP contribution in [0, 0.1) is 6.92 Å². The highest BCUT2D eigenvalue weighted by Crippen LogP contribution is 2.29. The monoisotopic (exact) mass is 276 g/mol. The van der Waals surface area contributed by atoms with Crippen LogP contribution in [0.3, 0.4) is 0 Å². The number of hydrogen-bond donors (Lipinski definition) is 0. The van der Waals surface area contributed by atoms with Gasteiger partial charge in [-0.25, -0.2) is 4.98 Å². The molecule has 92 valence electrons. The molecule has 0 saturated carbocycles. The second-order valence-electron chi connectivity index (χ2n) is 4.40. The van der Waals surface area contributed by atoms with Crippen molar-refractivity contribution in [2.75, 3.05) is 0 Å². The van der Waals surface area contributed by atoms with E-state index >= 15 is 0 Å². The lowest BCUT2D eigenvalue weighted by Gasteiger charge is -2.08. The predicted molar refractivity (Wildman–Crippen MR) is 78.0 cm³/mol. The number of benzene rings is 1. The van der Waals surface area contributed by atoms with E-state index in [-0.39, 0.29) is 5.38 Å². The fourth-order valence-electron chi connectivity index (χ4n) is 2.13. The van der Waals surface area contributed by atoms with Crippen molar-refractivity contribution in [2.24, 2.45) is 0 Å². The fourth-order valence-corrected chi connectivity index (χ4v) is 2.90. The van der Waals surface area contributed by atoms with Crippen LogP contribution in [-0.2, 0) is 0 Å². The summed E-state index contributed by atoms with van der Waals surface area (Å²) in [4.78, 5) is 4.66. The minimum Gasteiger partial charge on any atom is -0.294 e. The summed E-state index contributed by atoms with van der Waals surface area (Å²) in [6, 6.07) is 8.41. The lowest BCUT2D eigenvalue weighted by atomic mass is 10.2. The van der Waals surface area contributed by atoms with E-state index in [9.17, 15) is 0 Å². The van der Waals surface area contributed by atoms with E-state index < -0.39 is 0 Å². The van der Waals surface area contributed by atoms with Gasteiger partial charge in [-0.2, -0.15) is 11.3 Å². The van der Waals surface area contributed by atoms with Gasteiger partial charge >= 0.3 is 0 Å². The molecular formula is C14H13ClN2S. The van der Waals surface area contributed by atoms with Crippen LogP contribution in [0.5, 0.6) is 0 Å². The maximum atomic E-state index is 6.26. The Labute approximate surface area is 115 Å². The second kappa shape index (κ2) is 4.41. The molecule has 0 aliphatic rings. The number of rotatable bonds is 2. The summed E-state index contributed by atoms with van der Waals surface area (Å²) in [5.41, 5.74) is 4.46. The molecule has 0 radical (unpaired) electrons. The van der Waals surface area contributed by atoms with Gasteiger partial charge in [0.1, 0.15) is 5.82 Å². The van der Waals surface area contributed by atoms with E-state index in [4.69, 9.17) is 11.6 Å². The van der Waals surface area contributed by atoms with Crippen LogP contribution in [0.1, 0.15) is 23.7 Å². The van der Waals surface area contributed by atoms with Gasteiger partial charge in [0, 0.05) is 5.38 Å². The summed E-state index contributed by atoms with van der Waals surface area (Å²) in [5, 5.41) is 4.07. The van der Waals surface area contributed by atoms with Crippen molar-refractivity contribution in [1.29, 1.82) is 0 Å². The fraction of sp³-hybridized carbons (Fsp3) is 0.214. The van der Waals surface area contributed by atoms with Gasteiger partial charge < -0.3 is 0 Å². The largest absolute Gasteiger partial charge is 0.294 e. The third-order valence-corrected chi connectivity index (χ3v) is 3.82. The van der Waals surface area contributed by atoms with Crippen molar-refractivity contribution in [3.63, 3.8) is 0 Å². The van der Waals surface area contributed by atoms with Gasteiger partial charge in [-0.3, -0.25) is 4.57 Å². The third-order valence-electron chi connectivity index (χ3n) is 2.96. The van der Waals surface area contributed by atoms with Gasteiger partial charge in [0.05, 0.1) is 22.1 Å². The highest BCUT2D eigenvalue weighted by Gasteiger charge is 2.16. The molecule has 0 spiro atoms. The average molecular weight is 277 g/mol. The van der Waals surface area contributed by atoms with Crippen LogP contribution < -0.4 is 0 Å². The Kier molecular flexibility index (Phi) is 2.88. The quantitative estimate of drug-likeness (QED) is 0.621. The molecule has 3 aromatic rings. The summed E-state index contributed by atoms with van der Waals surface area (Å²) < 4.78 is 2.14. The zero-order chi connectivity index (χ0) is 12.7. The molecule has 0 N–H and O–H groups in total. The Bertz CT molecular complexity index is 683. The molecular weight excluding hydrogens is 264 g/mol. The summed E-state index contributed by atoms with van der Waals surface area (Å²) in [6.45, 7) is 4.03. The van der Waals surface area contributed by atoms with E-state index in [0.29, 0.717) is 0 Å². The van der Waals surface area contributed by atoms with Crippen LogP contribution in [-0.4, -0.2) is 9.55 Å². The average Bonchev–Trinajstić information content (AvgIpc) is 2.92. The summed E-state index contributed by atoms with van der Waals surface area (Å²) in [7, 11) is 0. The first-order chi connectivity index (χ1) is 8.66. The summed E-state index contributed by atoms with van der Waals surface area (Å²) in [5.74, 6) is 0.899. The number of thiophene rings is 1. The standard InChI is InChI=1S/C14H13ClN2S/c1-9-3-4-13-12(7-9)16-14(10(2)15)17(13)11-5-6-18-8-11/h3-8,10H,1-2H3. The highest BCUT2D eigenvalue weighted by atomic mass is 35.5. The van der Waals surface area contributed by atoms with Crippen molar-refractivity contribution in [3.05, 3.63) is 46.4 Å². The Morgan fingerprint density at radius 1 is 1.33 bits per heavy atom. The molecule has 0 bridgehead atoms. The molecule has 0 aliphatic heterocycles. The van der Waals surface area contributed by atoms with Gasteiger partial charge in [-0.15, -0.1) is 11.6 Å². The molecule has 2 nitrogen and oxygen atoms in total. The maximum Gasteiger partial charge on any atom is 0.132 e. The lowest BCUT2D eigenvalue weighted by molar-refractivity contribution is 0.885. The van der Waals surface area contributed by atoms with Crippen LogP contribution in [0.25, 0.3) is 16.7 Å². The van der Waals surface area contributed by atoms with E-state index in [0.717, 1.165) is 22.5 Å². The Hall–Kier alpha value is -1.32. The van der Waals surface area contributed by atoms with E-state index in [1.54, 1.807) is 11.3 Å². The number of halogens is 1. The normalized spacial score (nSPS) is 13.1. The third kappa shape index (κ3) is 1.84. The lowest BCUT2D eigenvalue weighted by Crippen LogP contribution is -2.00. The van der Waals surface area contributed by atoms with Gasteiger partial charge in [-0.05, 0) is 43.0 Å². The zero-order valence-corrected chi connectivity index (χ0v) is 11.8. The number of alkyl halides is 1. The first kappa shape index (κ1) is 11.8. The van der Waals surface area contributed by atoms with Gasteiger partial charge in [0.2, 0.25) is 0 Å². The number of fused-ring (bicyclic) bond motifs is 1. The van der Waals surface area contributed by atoms with Gasteiger partial charge in [0.25, 0.3) is 0 Å². The zero-order valence-electron chi connectivity index (χ0n) is 10.2. The number of aromatic nitrogens is 2. The number of imidazole rings is 1. The maximum absolute atomic E-state index is 6.26. The Balaban J connectivity index is 2.36. The molecule has 4 heteroatoms. The minimum atomic E-state index is -0.113. The van der Waals surface area contributed by atoms with Crippen molar-refractivity contribution < 1.29 is 0 Å². The second-order valence-corrected chi connectivity index (χ2v) is 5.83. The first-order valence-corrected chi connectivity index (χ1v) is 7.20. The molecule has 2 heterocycles. The molecule has 3 rings (SSSR count). The van der Waals surface area contributed by atoms with Crippen molar-refractivity contribution in [2.45, 2.75) is 19.2 Å². The molecule has 1 aromatic carbocycles. The molecule has 1 atom stereocenters. The van der Waals surface area contributed by atoms with Crippen LogP contribution in [0.2, 0.25) is 0 Å². The number of nitrogens with zero attached hydrogens (tertiary/aromatic N) is 2. The van der Waals surface area contributed by atoms with Crippen molar-refractivity contribution >= 4 is 34.0 Å². The summed E-state index contributed by atoms with van der Waals surface area (Å²) in [6.07, 6.45) is 0. The molecule has 0 saturated heterocycles. The minimum absolute atomic E-state index is 0.113.